The van der Waals surface area contributed by atoms with Crippen molar-refractivity contribution in [1.82, 2.24) is 0 Å². The van der Waals surface area contributed by atoms with Crippen LogP contribution >= 0.6 is 47.8 Å². The first-order chi connectivity index (χ1) is 6.15. The van der Waals surface area contributed by atoms with Crippen LogP contribution in [0.4, 0.5) is 4.39 Å². The molecule has 13 heavy (non-hydrogen) atoms. The van der Waals surface area contributed by atoms with Gasteiger partial charge in [0.05, 0.1) is 10.9 Å². The maximum atomic E-state index is 12.8. The van der Waals surface area contributed by atoms with Crippen LogP contribution in [0, 0.1) is 17.7 Å². The average Bonchev–Trinajstić information content (AvgIpc) is 2.02. The molecule has 0 radical (unpaired) electrons. The van der Waals surface area contributed by atoms with Gasteiger partial charge in [-0.2, -0.15) is 0 Å². The number of halogens is 4. The molecule has 0 bridgehead atoms. The topological polar surface area (TPSA) is 0 Å². The summed E-state index contributed by atoms with van der Waals surface area (Å²) in [6.45, 7) is 0. The largest absolute Gasteiger partial charge is 0.207 e. The highest BCUT2D eigenvalue weighted by atomic mass is 79.9. The highest BCUT2D eigenvalue weighted by Gasteiger charge is 2.04. The van der Waals surface area contributed by atoms with Crippen molar-refractivity contribution in [1.29, 1.82) is 0 Å². The Kier molecular flexibility index (Phi) is 4.43. The van der Waals surface area contributed by atoms with E-state index in [0.717, 1.165) is 5.56 Å². The first-order valence-corrected chi connectivity index (χ1v) is 6.05. The number of rotatable bonds is 0. The summed E-state index contributed by atoms with van der Waals surface area (Å²) in [5.74, 6) is 5.46. The number of alkyl halides is 1. The van der Waals surface area contributed by atoms with E-state index in [1.54, 1.807) is 0 Å². The van der Waals surface area contributed by atoms with Crippen molar-refractivity contribution in [2.24, 2.45) is 0 Å². The fraction of sp³-hybridized carbons (Fsp3) is 0.111. The molecule has 0 aromatic heterocycles. The maximum absolute atomic E-state index is 12.8. The lowest BCUT2D eigenvalue weighted by Crippen LogP contribution is -1.83. The zero-order chi connectivity index (χ0) is 9.84. The minimum atomic E-state index is -0.289. The Morgan fingerprint density at radius 2 is 1.77 bits per heavy atom. The molecule has 0 aliphatic rings. The van der Waals surface area contributed by atoms with Crippen LogP contribution < -0.4 is 0 Å². The van der Waals surface area contributed by atoms with Crippen LogP contribution in [0.3, 0.4) is 0 Å². The molecule has 4 heteroatoms. The van der Waals surface area contributed by atoms with Crippen LogP contribution in [0.1, 0.15) is 5.56 Å². The SMILES string of the molecule is Fc1cc(Br)c(C#CCBr)c(Br)c1. The van der Waals surface area contributed by atoms with Crippen molar-refractivity contribution in [3.05, 3.63) is 32.5 Å². The molecular formula is C9H4Br3F. The van der Waals surface area contributed by atoms with Crippen LogP contribution in [0.5, 0.6) is 0 Å². The number of hydrogen-bond acceptors (Lipinski definition) is 0. The predicted octanol–water partition coefficient (Wildman–Crippen LogP) is 4.10. The van der Waals surface area contributed by atoms with Crippen LogP contribution in [0.2, 0.25) is 0 Å². The average molecular weight is 371 g/mol. The Hall–Kier alpha value is 0.150. The van der Waals surface area contributed by atoms with Crippen molar-refractivity contribution in [3.8, 4) is 11.8 Å². The standard InChI is InChI=1S/C9H4Br3F/c10-3-1-2-7-8(11)4-6(13)5-9(7)12/h4-5H,3H2. The molecule has 0 nitrogen and oxygen atoms in total. The molecule has 1 rings (SSSR count). The van der Waals surface area contributed by atoms with E-state index in [1.165, 1.54) is 12.1 Å². The monoisotopic (exact) mass is 368 g/mol. The first-order valence-electron chi connectivity index (χ1n) is 3.34. The quantitative estimate of drug-likeness (QED) is 0.476. The summed E-state index contributed by atoms with van der Waals surface area (Å²) in [4.78, 5) is 0. The molecule has 0 N–H and O–H groups in total. The third-order valence-corrected chi connectivity index (χ3v) is 2.82. The maximum Gasteiger partial charge on any atom is 0.125 e. The van der Waals surface area contributed by atoms with Gasteiger partial charge in [-0.15, -0.1) is 0 Å². The molecule has 0 saturated carbocycles. The van der Waals surface area contributed by atoms with Crippen LogP contribution in [-0.2, 0) is 0 Å². The van der Waals surface area contributed by atoms with Crippen LogP contribution in [0.25, 0.3) is 0 Å². The van der Waals surface area contributed by atoms with E-state index < -0.39 is 0 Å². The van der Waals surface area contributed by atoms with Gasteiger partial charge in [0, 0.05) is 8.95 Å². The lowest BCUT2D eigenvalue weighted by atomic mass is 10.2. The van der Waals surface area contributed by atoms with E-state index in [-0.39, 0.29) is 5.82 Å². The van der Waals surface area contributed by atoms with Crippen molar-refractivity contribution in [3.63, 3.8) is 0 Å². The molecule has 1 aromatic carbocycles. The summed E-state index contributed by atoms with van der Waals surface area (Å²) in [5, 5.41) is 0.600. The van der Waals surface area contributed by atoms with Crippen molar-refractivity contribution < 1.29 is 4.39 Å². The highest BCUT2D eigenvalue weighted by molar-refractivity contribution is 9.11. The molecule has 0 atom stereocenters. The van der Waals surface area contributed by atoms with E-state index >= 15 is 0 Å². The molecular weight excluding hydrogens is 367 g/mol. The predicted molar refractivity (Wildman–Crippen MR) is 62.5 cm³/mol. The van der Waals surface area contributed by atoms with Gasteiger partial charge < -0.3 is 0 Å². The van der Waals surface area contributed by atoms with Gasteiger partial charge in [0.2, 0.25) is 0 Å². The Labute approximate surface area is 101 Å². The van der Waals surface area contributed by atoms with Gasteiger partial charge >= 0.3 is 0 Å². The second-order valence-corrected chi connectivity index (χ2v) is 4.45. The second-order valence-electron chi connectivity index (χ2n) is 2.18. The third kappa shape index (κ3) is 3.08. The fourth-order valence-corrected chi connectivity index (χ4v) is 2.25. The van der Waals surface area contributed by atoms with E-state index in [4.69, 9.17) is 0 Å². The first kappa shape index (κ1) is 11.2. The highest BCUT2D eigenvalue weighted by Crippen LogP contribution is 2.25. The summed E-state index contributed by atoms with van der Waals surface area (Å²) in [7, 11) is 0. The normalized spacial score (nSPS) is 9.23. The molecule has 68 valence electrons. The third-order valence-electron chi connectivity index (χ3n) is 1.29. The van der Waals surface area contributed by atoms with Crippen LogP contribution in [-0.4, -0.2) is 5.33 Å². The summed E-state index contributed by atoms with van der Waals surface area (Å²) in [5.41, 5.74) is 0.765. The minimum absolute atomic E-state index is 0.289. The number of benzene rings is 1. The van der Waals surface area contributed by atoms with E-state index in [0.29, 0.717) is 14.3 Å². The van der Waals surface area contributed by atoms with E-state index in [9.17, 15) is 4.39 Å². The summed E-state index contributed by atoms with van der Waals surface area (Å²) >= 11 is 9.67. The van der Waals surface area contributed by atoms with Gasteiger partial charge in [0.15, 0.2) is 0 Å². The summed E-state index contributed by atoms with van der Waals surface area (Å²) < 4.78 is 14.1. The van der Waals surface area contributed by atoms with E-state index in [1.807, 2.05) is 0 Å². The Bertz CT molecular complexity index is 353. The Morgan fingerprint density at radius 1 is 1.23 bits per heavy atom. The minimum Gasteiger partial charge on any atom is -0.207 e. The molecule has 0 aliphatic heterocycles. The zero-order valence-electron chi connectivity index (χ0n) is 6.37. The lowest BCUT2D eigenvalue weighted by molar-refractivity contribution is 0.626. The lowest BCUT2D eigenvalue weighted by Gasteiger charge is -1.99. The molecule has 0 spiro atoms. The molecule has 0 heterocycles. The van der Waals surface area contributed by atoms with Gasteiger partial charge in [0.1, 0.15) is 5.82 Å². The van der Waals surface area contributed by atoms with Gasteiger partial charge in [-0.3, -0.25) is 0 Å². The molecule has 0 saturated heterocycles. The molecule has 1 aromatic rings. The van der Waals surface area contributed by atoms with Gasteiger partial charge in [0.25, 0.3) is 0 Å². The molecule has 0 fully saturated rings. The summed E-state index contributed by atoms with van der Waals surface area (Å²) in [6.07, 6.45) is 0. The fourth-order valence-electron chi connectivity index (χ4n) is 0.783. The molecule has 0 amide bonds. The second kappa shape index (κ2) is 5.14. The van der Waals surface area contributed by atoms with Crippen molar-refractivity contribution >= 4 is 47.8 Å². The zero-order valence-corrected chi connectivity index (χ0v) is 11.1. The number of hydrogen-bond donors (Lipinski definition) is 0. The van der Waals surface area contributed by atoms with Crippen LogP contribution in [0.15, 0.2) is 21.1 Å². The molecule has 0 unspecified atom stereocenters. The molecule has 0 aliphatic carbocycles. The van der Waals surface area contributed by atoms with E-state index in [2.05, 4.69) is 59.6 Å². The van der Waals surface area contributed by atoms with Gasteiger partial charge in [-0.1, -0.05) is 27.8 Å². The van der Waals surface area contributed by atoms with Gasteiger partial charge in [-0.05, 0) is 44.0 Å². The summed E-state index contributed by atoms with van der Waals surface area (Å²) in [6, 6.07) is 2.78. The smallest absolute Gasteiger partial charge is 0.125 e. The Morgan fingerprint density at radius 3 is 2.23 bits per heavy atom. The van der Waals surface area contributed by atoms with Crippen molar-refractivity contribution in [2.45, 2.75) is 0 Å². The van der Waals surface area contributed by atoms with Crippen molar-refractivity contribution in [2.75, 3.05) is 5.33 Å². The Balaban J connectivity index is 3.21. The van der Waals surface area contributed by atoms with Gasteiger partial charge in [-0.25, -0.2) is 4.39 Å².